The van der Waals surface area contributed by atoms with Crippen LogP contribution in [0.5, 0.6) is 0 Å². The van der Waals surface area contributed by atoms with E-state index in [0.29, 0.717) is 25.3 Å². The van der Waals surface area contributed by atoms with Gasteiger partial charge in [0.15, 0.2) is 0 Å². The largest absolute Gasteiger partial charge is 0.386 e. The second-order valence-corrected chi connectivity index (χ2v) is 6.02. The van der Waals surface area contributed by atoms with Crippen molar-refractivity contribution in [3.05, 3.63) is 36.0 Å². The first kappa shape index (κ1) is 16.4. The number of nitrogens with zero attached hydrogens (tertiary/aromatic N) is 4. The van der Waals surface area contributed by atoms with E-state index in [9.17, 15) is 9.90 Å². The lowest BCUT2D eigenvalue weighted by Gasteiger charge is -2.39. The molecule has 1 amide bonds. The summed E-state index contributed by atoms with van der Waals surface area (Å²) < 4.78 is 5.01. The SMILES string of the molecule is CCc1cc(C(=O)NC[C@@]2(O)CCCN(c3ncccn3)C2)on1. The molecule has 3 rings (SSSR count). The third-order valence-electron chi connectivity index (χ3n) is 4.11. The molecular formula is C16H21N5O3. The fourth-order valence-electron chi connectivity index (χ4n) is 2.80. The van der Waals surface area contributed by atoms with Gasteiger partial charge in [0.1, 0.15) is 0 Å². The molecule has 128 valence electrons. The minimum atomic E-state index is -1.03. The van der Waals surface area contributed by atoms with Gasteiger partial charge in [-0.15, -0.1) is 0 Å². The lowest BCUT2D eigenvalue weighted by atomic mass is 9.93. The summed E-state index contributed by atoms with van der Waals surface area (Å²) in [5.74, 6) is 0.378. The van der Waals surface area contributed by atoms with Gasteiger partial charge in [-0.1, -0.05) is 12.1 Å². The average molecular weight is 331 g/mol. The summed E-state index contributed by atoms with van der Waals surface area (Å²) in [7, 11) is 0. The molecule has 1 saturated heterocycles. The number of piperidine rings is 1. The summed E-state index contributed by atoms with van der Waals surface area (Å²) in [4.78, 5) is 22.5. The van der Waals surface area contributed by atoms with Gasteiger partial charge in [-0.2, -0.15) is 0 Å². The maximum Gasteiger partial charge on any atom is 0.290 e. The number of rotatable bonds is 5. The first-order chi connectivity index (χ1) is 11.6. The van der Waals surface area contributed by atoms with Crippen LogP contribution >= 0.6 is 0 Å². The van der Waals surface area contributed by atoms with Crippen molar-refractivity contribution in [1.29, 1.82) is 0 Å². The Labute approximate surface area is 139 Å². The predicted molar refractivity (Wildman–Crippen MR) is 86.6 cm³/mol. The number of nitrogens with one attached hydrogen (secondary N) is 1. The molecule has 0 spiro atoms. The molecular weight excluding hydrogens is 310 g/mol. The van der Waals surface area contributed by atoms with Crippen LogP contribution in [0.3, 0.4) is 0 Å². The number of anilines is 1. The van der Waals surface area contributed by atoms with Crippen molar-refractivity contribution >= 4 is 11.9 Å². The van der Waals surface area contributed by atoms with Gasteiger partial charge < -0.3 is 19.8 Å². The van der Waals surface area contributed by atoms with E-state index in [1.54, 1.807) is 24.5 Å². The summed E-state index contributed by atoms with van der Waals surface area (Å²) in [6.45, 7) is 3.22. The summed E-state index contributed by atoms with van der Waals surface area (Å²) in [6, 6.07) is 3.37. The van der Waals surface area contributed by atoms with E-state index in [1.165, 1.54) is 0 Å². The highest BCUT2D eigenvalue weighted by Crippen LogP contribution is 2.23. The lowest BCUT2D eigenvalue weighted by molar-refractivity contribution is 0.0248. The van der Waals surface area contributed by atoms with Crippen molar-refractivity contribution in [1.82, 2.24) is 20.4 Å². The molecule has 0 radical (unpaired) electrons. The van der Waals surface area contributed by atoms with Gasteiger partial charge in [0, 0.05) is 31.5 Å². The van der Waals surface area contributed by atoms with E-state index in [4.69, 9.17) is 4.52 Å². The fraction of sp³-hybridized carbons (Fsp3) is 0.500. The molecule has 0 aliphatic carbocycles. The van der Waals surface area contributed by atoms with Crippen molar-refractivity contribution < 1.29 is 14.4 Å². The summed E-state index contributed by atoms with van der Waals surface area (Å²) in [6.07, 6.45) is 5.45. The molecule has 2 aromatic heterocycles. The number of hydrogen-bond acceptors (Lipinski definition) is 7. The lowest BCUT2D eigenvalue weighted by Crippen LogP contribution is -2.54. The topological polar surface area (TPSA) is 104 Å². The smallest absolute Gasteiger partial charge is 0.290 e. The van der Waals surface area contributed by atoms with Gasteiger partial charge >= 0.3 is 0 Å². The number of carbonyl (C=O) groups excluding carboxylic acids is 1. The zero-order valence-corrected chi connectivity index (χ0v) is 13.6. The van der Waals surface area contributed by atoms with Crippen molar-refractivity contribution in [2.45, 2.75) is 31.8 Å². The van der Waals surface area contributed by atoms with Crippen LogP contribution in [0.15, 0.2) is 29.0 Å². The van der Waals surface area contributed by atoms with Gasteiger partial charge in [-0.3, -0.25) is 4.79 Å². The van der Waals surface area contributed by atoms with Crippen LogP contribution in [-0.4, -0.2) is 51.4 Å². The fourth-order valence-corrected chi connectivity index (χ4v) is 2.80. The average Bonchev–Trinajstić information content (AvgIpc) is 3.10. The molecule has 2 aromatic rings. The Balaban J connectivity index is 1.60. The van der Waals surface area contributed by atoms with Crippen LogP contribution < -0.4 is 10.2 Å². The maximum atomic E-state index is 12.1. The number of β-amino-alcohol motifs (C(OH)–C–C–N with tert-alkyl or cyclic N) is 1. The number of aliphatic hydroxyl groups is 1. The van der Waals surface area contributed by atoms with Gasteiger partial charge in [0.2, 0.25) is 11.7 Å². The molecule has 1 aliphatic heterocycles. The molecule has 8 heteroatoms. The molecule has 2 N–H and O–H groups in total. The minimum absolute atomic E-state index is 0.136. The van der Waals surface area contributed by atoms with E-state index in [0.717, 1.165) is 18.7 Å². The summed E-state index contributed by atoms with van der Waals surface area (Å²) in [5, 5.41) is 17.3. The standard InChI is InChI=1S/C16H21N5O3/c1-2-12-9-13(24-20-12)14(22)19-10-16(23)5-3-8-21(11-16)15-17-6-4-7-18-15/h4,6-7,9,23H,2-3,5,8,10-11H2,1H3,(H,19,22)/t16-/m0/s1. The van der Waals surface area contributed by atoms with Crippen LogP contribution in [0.2, 0.25) is 0 Å². The number of hydrogen-bond donors (Lipinski definition) is 2. The Kier molecular flexibility index (Phi) is 4.75. The maximum absolute atomic E-state index is 12.1. The monoisotopic (exact) mass is 331 g/mol. The molecule has 1 fully saturated rings. The third kappa shape index (κ3) is 3.70. The Hall–Kier alpha value is -2.48. The molecule has 24 heavy (non-hydrogen) atoms. The van der Waals surface area contributed by atoms with E-state index in [2.05, 4.69) is 20.4 Å². The van der Waals surface area contributed by atoms with Crippen molar-refractivity contribution in [2.75, 3.05) is 24.5 Å². The second kappa shape index (κ2) is 6.96. The third-order valence-corrected chi connectivity index (χ3v) is 4.11. The Morgan fingerprint density at radius 1 is 1.46 bits per heavy atom. The molecule has 0 saturated carbocycles. The molecule has 1 atom stereocenters. The highest BCUT2D eigenvalue weighted by atomic mass is 16.5. The highest BCUT2D eigenvalue weighted by molar-refractivity contribution is 5.91. The number of carbonyl (C=O) groups is 1. The van der Waals surface area contributed by atoms with E-state index in [1.807, 2.05) is 11.8 Å². The van der Waals surface area contributed by atoms with Gasteiger partial charge in [0.05, 0.1) is 17.8 Å². The van der Waals surface area contributed by atoms with Crippen molar-refractivity contribution in [2.24, 2.45) is 0 Å². The van der Waals surface area contributed by atoms with Crippen LogP contribution in [0, 0.1) is 0 Å². The van der Waals surface area contributed by atoms with Crippen LogP contribution in [0.25, 0.3) is 0 Å². The van der Waals surface area contributed by atoms with Crippen molar-refractivity contribution in [3.63, 3.8) is 0 Å². The van der Waals surface area contributed by atoms with Gasteiger partial charge in [-0.05, 0) is 25.3 Å². The Bertz CT molecular complexity index is 690. The molecule has 0 bridgehead atoms. The van der Waals surface area contributed by atoms with Crippen molar-refractivity contribution in [3.8, 4) is 0 Å². The number of amides is 1. The molecule has 3 heterocycles. The molecule has 0 aromatic carbocycles. The number of aryl methyl sites for hydroxylation is 1. The Morgan fingerprint density at radius 2 is 2.25 bits per heavy atom. The first-order valence-electron chi connectivity index (χ1n) is 8.08. The van der Waals surface area contributed by atoms with Crippen LogP contribution in [-0.2, 0) is 6.42 Å². The van der Waals surface area contributed by atoms with E-state index < -0.39 is 5.60 Å². The zero-order chi connectivity index (χ0) is 17.0. The molecule has 1 aliphatic rings. The highest BCUT2D eigenvalue weighted by Gasteiger charge is 2.35. The second-order valence-electron chi connectivity index (χ2n) is 6.02. The van der Waals surface area contributed by atoms with Gasteiger partial charge in [0.25, 0.3) is 5.91 Å². The zero-order valence-electron chi connectivity index (χ0n) is 13.6. The molecule has 0 unspecified atom stereocenters. The summed E-state index contributed by atoms with van der Waals surface area (Å²) in [5.41, 5.74) is -0.301. The van der Waals surface area contributed by atoms with E-state index >= 15 is 0 Å². The Morgan fingerprint density at radius 3 is 2.96 bits per heavy atom. The first-order valence-corrected chi connectivity index (χ1v) is 8.08. The minimum Gasteiger partial charge on any atom is -0.386 e. The van der Waals surface area contributed by atoms with E-state index in [-0.39, 0.29) is 18.2 Å². The quantitative estimate of drug-likeness (QED) is 0.834. The van der Waals surface area contributed by atoms with Gasteiger partial charge in [-0.25, -0.2) is 9.97 Å². The van der Waals surface area contributed by atoms with Crippen LogP contribution in [0.1, 0.15) is 36.0 Å². The van der Waals surface area contributed by atoms with Crippen LogP contribution in [0.4, 0.5) is 5.95 Å². The predicted octanol–water partition coefficient (Wildman–Crippen LogP) is 0.788. The summed E-state index contributed by atoms with van der Waals surface area (Å²) >= 11 is 0. The normalized spacial score (nSPS) is 20.8. The molecule has 8 nitrogen and oxygen atoms in total. The number of aromatic nitrogens is 3.